The van der Waals surface area contributed by atoms with Gasteiger partial charge in [0.05, 0.1) is 4.90 Å². The third-order valence-electron chi connectivity index (χ3n) is 3.92. The zero-order valence-corrected chi connectivity index (χ0v) is 17.1. The van der Waals surface area contributed by atoms with Crippen molar-refractivity contribution < 1.29 is 16.8 Å². The Kier molecular flexibility index (Phi) is 7.51. The number of sulfonamides is 1. The molecule has 0 aliphatic carbocycles. The van der Waals surface area contributed by atoms with Crippen LogP contribution in [0.2, 0.25) is 0 Å². The van der Waals surface area contributed by atoms with Gasteiger partial charge >= 0.3 is 0 Å². The lowest BCUT2D eigenvalue weighted by Gasteiger charge is -2.17. The number of nitrogens with zero attached hydrogens (tertiary/aromatic N) is 1. The lowest BCUT2D eigenvalue weighted by atomic mass is 10.2. The highest BCUT2D eigenvalue weighted by atomic mass is 32.2. The monoisotopic (exact) mass is 411 g/mol. The maximum Gasteiger partial charge on any atom is 0.279 e. The molecule has 0 aliphatic heterocycles. The standard InChI is InChI=1S/C18H25N3O4S2/c1-16-9-11-18(12-10-16)26(22,23)19-13-6-14-20-27(24,25)21(2)15-17-7-4-3-5-8-17/h3-5,7-12,19-20H,6,13-15H2,1-2H3. The van der Waals surface area contributed by atoms with E-state index in [4.69, 9.17) is 0 Å². The summed E-state index contributed by atoms with van der Waals surface area (Å²) in [6.45, 7) is 2.42. The van der Waals surface area contributed by atoms with Gasteiger partial charge in [0, 0.05) is 26.7 Å². The van der Waals surface area contributed by atoms with Crippen LogP contribution in [0.4, 0.5) is 0 Å². The molecule has 0 aromatic heterocycles. The zero-order chi connectivity index (χ0) is 19.9. The van der Waals surface area contributed by atoms with Crippen LogP contribution in [0.1, 0.15) is 17.5 Å². The molecule has 0 radical (unpaired) electrons. The SMILES string of the molecule is Cc1ccc(S(=O)(=O)NCCCNS(=O)(=O)N(C)Cc2ccccc2)cc1. The summed E-state index contributed by atoms with van der Waals surface area (Å²) in [6, 6.07) is 15.8. The molecule has 0 fully saturated rings. The van der Waals surface area contributed by atoms with Gasteiger partial charge in [-0.15, -0.1) is 0 Å². The fraction of sp³-hybridized carbons (Fsp3) is 0.333. The van der Waals surface area contributed by atoms with Crippen LogP contribution in [0.15, 0.2) is 59.5 Å². The van der Waals surface area contributed by atoms with E-state index < -0.39 is 20.2 Å². The summed E-state index contributed by atoms with van der Waals surface area (Å²) < 4.78 is 54.9. The number of nitrogens with one attached hydrogen (secondary N) is 2. The molecule has 0 heterocycles. The Morgan fingerprint density at radius 1 is 0.852 bits per heavy atom. The Morgan fingerprint density at radius 2 is 1.44 bits per heavy atom. The van der Waals surface area contributed by atoms with Crippen molar-refractivity contribution in [3.63, 3.8) is 0 Å². The largest absolute Gasteiger partial charge is 0.279 e. The Labute approximate surface area is 161 Å². The van der Waals surface area contributed by atoms with Crippen molar-refractivity contribution in [2.24, 2.45) is 0 Å². The minimum Gasteiger partial charge on any atom is -0.211 e. The highest BCUT2D eigenvalue weighted by Crippen LogP contribution is 2.09. The molecule has 2 aromatic carbocycles. The van der Waals surface area contributed by atoms with Crippen LogP contribution in [0.3, 0.4) is 0 Å². The number of aryl methyl sites for hydroxylation is 1. The topological polar surface area (TPSA) is 95.6 Å². The van der Waals surface area contributed by atoms with Gasteiger partial charge in [-0.05, 0) is 31.0 Å². The third kappa shape index (κ3) is 6.71. The minimum atomic E-state index is -3.63. The van der Waals surface area contributed by atoms with Gasteiger partial charge < -0.3 is 0 Å². The molecule has 0 unspecified atom stereocenters. The first-order valence-electron chi connectivity index (χ1n) is 8.52. The second-order valence-corrected chi connectivity index (χ2v) is 9.83. The van der Waals surface area contributed by atoms with E-state index in [-0.39, 0.29) is 24.5 Å². The molecule has 0 atom stereocenters. The molecule has 2 N–H and O–H groups in total. The maximum atomic E-state index is 12.2. The van der Waals surface area contributed by atoms with Crippen molar-refractivity contribution in [3.8, 4) is 0 Å². The molecule has 27 heavy (non-hydrogen) atoms. The van der Waals surface area contributed by atoms with Gasteiger partial charge in [0.1, 0.15) is 0 Å². The normalized spacial score (nSPS) is 12.4. The minimum absolute atomic E-state index is 0.137. The lowest BCUT2D eigenvalue weighted by Crippen LogP contribution is -2.39. The van der Waals surface area contributed by atoms with Crippen molar-refractivity contribution in [2.75, 3.05) is 20.1 Å². The van der Waals surface area contributed by atoms with Gasteiger partial charge in [0.15, 0.2) is 0 Å². The van der Waals surface area contributed by atoms with Crippen LogP contribution in [-0.4, -0.2) is 41.3 Å². The van der Waals surface area contributed by atoms with E-state index in [1.165, 1.54) is 11.4 Å². The fourth-order valence-electron chi connectivity index (χ4n) is 2.33. The Balaban J connectivity index is 1.77. The molecule has 148 valence electrons. The predicted molar refractivity (Wildman–Crippen MR) is 106 cm³/mol. The van der Waals surface area contributed by atoms with Crippen molar-refractivity contribution in [1.82, 2.24) is 13.7 Å². The summed E-state index contributed by atoms with van der Waals surface area (Å²) in [6.07, 6.45) is 0.337. The van der Waals surface area contributed by atoms with Crippen LogP contribution >= 0.6 is 0 Å². The van der Waals surface area contributed by atoms with Crippen LogP contribution in [-0.2, 0) is 26.8 Å². The first kappa shape index (κ1) is 21.5. The van der Waals surface area contributed by atoms with Crippen molar-refractivity contribution in [2.45, 2.75) is 24.8 Å². The summed E-state index contributed by atoms with van der Waals surface area (Å²) in [5.74, 6) is 0. The van der Waals surface area contributed by atoms with Gasteiger partial charge in [-0.25, -0.2) is 17.9 Å². The summed E-state index contributed by atoms with van der Waals surface area (Å²) in [5.41, 5.74) is 1.86. The first-order chi connectivity index (χ1) is 12.7. The highest BCUT2D eigenvalue weighted by Gasteiger charge is 2.17. The summed E-state index contributed by atoms with van der Waals surface area (Å²) in [5, 5.41) is 0. The van der Waals surface area contributed by atoms with Gasteiger partial charge in [-0.3, -0.25) is 0 Å². The number of hydrogen-bond acceptors (Lipinski definition) is 4. The molecule has 0 saturated heterocycles. The Hall–Kier alpha value is -1.78. The van der Waals surface area contributed by atoms with Crippen LogP contribution in [0.5, 0.6) is 0 Å². The van der Waals surface area contributed by atoms with E-state index in [2.05, 4.69) is 9.44 Å². The molecule has 2 aromatic rings. The molecule has 7 nitrogen and oxygen atoms in total. The third-order valence-corrected chi connectivity index (χ3v) is 6.92. The van der Waals surface area contributed by atoms with Crippen molar-refractivity contribution in [1.29, 1.82) is 0 Å². The molecule has 2 rings (SSSR count). The molecule has 9 heteroatoms. The van der Waals surface area contributed by atoms with Crippen LogP contribution < -0.4 is 9.44 Å². The summed E-state index contributed by atoms with van der Waals surface area (Å²) in [7, 11) is -5.72. The second kappa shape index (κ2) is 9.43. The second-order valence-electron chi connectivity index (χ2n) is 6.21. The molecule has 0 amide bonds. The average molecular weight is 412 g/mol. The van der Waals surface area contributed by atoms with Gasteiger partial charge in [-0.2, -0.15) is 12.7 Å². The maximum absolute atomic E-state index is 12.2. The number of rotatable bonds is 10. The van der Waals surface area contributed by atoms with Crippen molar-refractivity contribution in [3.05, 3.63) is 65.7 Å². The summed E-state index contributed by atoms with van der Waals surface area (Å²) >= 11 is 0. The van der Waals surface area contributed by atoms with E-state index >= 15 is 0 Å². The highest BCUT2D eigenvalue weighted by molar-refractivity contribution is 7.89. The molecular weight excluding hydrogens is 386 g/mol. The molecule has 0 bridgehead atoms. The lowest BCUT2D eigenvalue weighted by molar-refractivity contribution is 0.454. The molecule has 0 spiro atoms. The van der Waals surface area contributed by atoms with Crippen LogP contribution in [0, 0.1) is 6.92 Å². The van der Waals surface area contributed by atoms with Gasteiger partial charge in [-0.1, -0.05) is 48.0 Å². The predicted octanol–water partition coefficient (Wildman–Crippen LogP) is 1.63. The Bertz CT molecular complexity index is 928. The zero-order valence-electron chi connectivity index (χ0n) is 15.4. The first-order valence-corrected chi connectivity index (χ1v) is 11.4. The summed E-state index contributed by atoms with van der Waals surface area (Å²) in [4.78, 5) is 0.191. The van der Waals surface area contributed by atoms with E-state index in [0.29, 0.717) is 6.42 Å². The molecular formula is C18H25N3O4S2. The average Bonchev–Trinajstić information content (AvgIpc) is 2.62. The Morgan fingerprint density at radius 3 is 2.07 bits per heavy atom. The van der Waals surface area contributed by atoms with E-state index in [0.717, 1.165) is 11.1 Å². The van der Waals surface area contributed by atoms with Gasteiger partial charge in [0.25, 0.3) is 10.2 Å². The van der Waals surface area contributed by atoms with E-state index in [9.17, 15) is 16.8 Å². The molecule has 0 aliphatic rings. The van der Waals surface area contributed by atoms with Crippen molar-refractivity contribution >= 4 is 20.2 Å². The molecule has 0 saturated carbocycles. The van der Waals surface area contributed by atoms with Crippen LogP contribution in [0.25, 0.3) is 0 Å². The van der Waals surface area contributed by atoms with E-state index in [1.807, 2.05) is 37.3 Å². The number of hydrogen-bond donors (Lipinski definition) is 2. The number of benzene rings is 2. The van der Waals surface area contributed by atoms with E-state index in [1.54, 1.807) is 24.3 Å². The quantitative estimate of drug-likeness (QED) is 0.581. The van der Waals surface area contributed by atoms with Gasteiger partial charge in [0.2, 0.25) is 10.0 Å². The fourth-order valence-corrected chi connectivity index (χ4v) is 4.35. The smallest absolute Gasteiger partial charge is 0.211 e.